The van der Waals surface area contributed by atoms with Crippen molar-refractivity contribution in [3.05, 3.63) is 22.9 Å². The largest absolute Gasteiger partial charge is 0.393 e. The summed E-state index contributed by atoms with van der Waals surface area (Å²) in [7, 11) is 0. The first-order valence-electron chi connectivity index (χ1n) is 6.64. The van der Waals surface area contributed by atoms with Crippen LogP contribution in [0.4, 0.5) is 5.82 Å². The maximum atomic E-state index is 9.54. The fraction of sp³-hybridized carbons (Fsp3) is 0.571. The van der Waals surface area contributed by atoms with E-state index in [9.17, 15) is 10.4 Å². The Morgan fingerprint density at radius 2 is 2.11 bits per heavy atom. The first-order chi connectivity index (χ1) is 8.78. The molecule has 1 aromatic heterocycles. The van der Waals surface area contributed by atoms with E-state index in [-0.39, 0.29) is 6.10 Å². The second kappa shape index (κ2) is 4.58. The average Bonchev–Trinajstić information content (AvgIpc) is 2.85. The summed E-state index contributed by atoms with van der Waals surface area (Å²) in [6, 6.07) is 4.28. The molecule has 0 amide bonds. The SMILES string of the molecule is N#Cc1cc2c(nc1N1CCC(O)CC1)CCC2. The molecule has 1 aromatic rings. The molecule has 0 unspecified atom stereocenters. The summed E-state index contributed by atoms with van der Waals surface area (Å²) in [5.41, 5.74) is 3.09. The summed E-state index contributed by atoms with van der Waals surface area (Å²) >= 11 is 0. The lowest BCUT2D eigenvalue weighted by atomic mass is 10.1. The number of aliphatic hydroxyl groups excluding tert-OH is 1. The van der Waals surface area contributed by atoms with Gasteiger partial charge in [0.25, 0.3) is 0 Å². The van der Waals surface area contributed by atoms with Gasteiger partial charge in [-0.2, -0.15) is 5.26 Å². The van der Waals surface area contributed by atoms with Crippen LogP contribution in [0.25, 0.3) is 0 Å². The summed E-state index contributed by atoms with van der Waals surface area (Å²) in [4.78, 5) is 6.84. The van der Waals surface area contributed by atoms with E-state index >= 15 is 0 Å². The molecule has 94 valence electrons. The number of fused-ring (bicyclic) bond motifs is 1. The third-order valence-corrected chi connectivity index (χ3v) is 3.92. The minimum atomic E-state index is -0.193. The first kappa shape index (κ1) is 11.5. The lowest BCUT2D eigenvalue weighted by Gasteiger charge is -2.31. The highest BCUT2D eigenvalue weighted by Gasteiger charge is 2.23. The van der Waals surface area contributed by atoms with Crippen LogP contribution in [-0.4, -0.2) is 29.3 Å². The van der Waals surface area contributed by atoms with E-state index in [1.54, 1.807) is 0 Å². The Morgan fingerprint density at radius 1 is 1.33 bits per heavy atom. The molecule has 1 aliphatic heterocycles. The van der Waals surface area contributed by atoms with E-state index in [4.69, 9.17) is 4.98 Å². The lowest BCUT2D eigenvalue weighted by Crippen LogP contribution is -2.36. The van der Waals surface area contributed by atoms with Crippen molar-refractivity contribution < 1.29 is 5.11 Å². The van der Waals surface area contributed by atoms with Crippen molar-refractivity contribution in [1.29, 1.82) is 5.26 Å². The van der Waals surface area contributed by atoms with Gasteiger partial charge in [0.2, 0.25) is 0 Å². The quantitative estimate of drug-likeness (QED) is 0.810. The van der Waals surface area contributed by atoms with Gasteiger partial charge in [0.1, 0.15) is 11.9 Å². The van der Waals surface area contributed by atoms with Crippen LogP contribution in [0.1, 0.15) is 36.1 Å². The maximum Gasteiger partial charge on any atom is 0.146 e. The van der Waals surface area contributed by atoms with Crippen molar-refractivity contribution in [3.8, 4) is 6.07 Å². The molecule has 2 aliphatic rings. The van der Waals surface area contributed by atoms with Gasteiger partial charge in [0.05, 0.1) is 11.7 Å². The fourth-order valence-corrected chi connectivity index (χ4v) is 2.86. The molecule has 0 spiro atoms. The highest BCUT2D eigenvalue weighted by atomic mass is 16.3. The molecule has 0 atom stereocenters. The normalized spacial score (nSPS) is 19.7. The summed E-state index contributed by atoms with van der Waals surface area (Å²) < 4.78 is 0. The van der Waals surface area contributed by atoms with Crippen molar-refractivity contribution in [3.63, 3.8) is 0 Å². The van der Waals surface area contributed by atoms with Crippen LogP contribution in [0, 0.1) is 11.3 Å². The molecule has 1 fully saturated rings. The van der Waals surface area contributed by atoms with Gasteiger partial charge < -0.3 is 10.0 Å². The molecule has 2 heterocycles. The van der Waals surface area contributed by atoms with Crippen LogP contribution in [0.2, 0.25) is 0 Å². The molecule has 4 nitrogen and oxygen atoms in total. The van der Waals surface area contributed by atoms with Crippen LogP contribution < -0.4 is 4.90 Å². The van der Waals surface area contributed by atoms with Crippen LogP contribution in [0.15, 0.2) is 6.07 Å². The van der Waals surface area contributed by atoms with Gasteiger partial charge in [-0.3, -0.25) is 0 Å². The number of pyridine rings is 1. The Kier molecular flexibility index (Phi) is 2.92. The number of hydrogen-bond donors (Lipinski definition) is 1. The minimum absolute atomic E-state index is 0.193. The van der Waals surface area contributed by atoms with Crippen LogP contribution >= 0.6 is 0 Å². The second-order valence-corrected chi connectivity index (χ2v) is 5.15. The molecular weight excluding hydrogens is 226 g/mol. The predicted molar refractivity (Wildman–Crippen MR) is 68.4 cm³/mol. The van der Waals surface area contributed by atoms with E-state index in [0.29, 0.717) is 5.56 Å². The number of hydrogen-bond acceptors (Lipinski definition) is 4. The van der Waals surface area contributed by atoms with E-state index < -0.39 is 0 Å². The maximum absolute atomic E-state index is 9.54. The molecule has 0 aromatic carbocycles. The highest BCUT2D eigenvalue weighted by Crippen LogP contribution is 2.28. The van der Waals surface area contributed by atoms with Crippen LogP contribution in [-0.2, 0) is 12.8 Å². The van der Waals surface area contributed by atoms with Crippen molar-refractivity contribution in [1.82, 2.24) is 4.98 Å². The van der Waals surface area contributed by atoms with Crippen LogP contribution in [0.5, 0.6) is 0 Å². The molecule has 1 saturated heterocycles. The fourth-order valence-electron chi connectivity index (χ4n) is 2.86. The van der Waals surface area contributed by atoms with Crippen molar-refractivity contribution >= 4 is 5.82 Å². The van der Waals surface area contributed by atoms with Gasteiger partial charge in [-0.1, -0.05) is 0 Å². The topological polar surface area (TPSA) is 60.2 Å². The number of aryl methyl sites for hydroxylation is 2. The van der Waals surface area contributed by atoms with Gasteiger partial charge in [0.15, 0.2) is 0 Å². The predicted octanol–water partition coefficient (Wildman–Crippen LogP) is 1.40. The Morgan fingerprint density at radius 3 is 2.83 bits per heavy atom. The Hall–Kier alpha value is -1.60. The number of anilines is 1. The molecule has 0 radical (unpaired) electrons. The van der Waals surface area contributed by atoms with Gasteiger partial charge >= 0.3 is 0 Å². The monoisotopic (exact) mass is 243 g/mol. The number of piperidine rings is 1. The number of nitriles is 1. The zero-order valence-corrected chi connectivity index (χ0v) is 10.4. The third kappa shape index (κ3) is 1.95. The molecule has 18 heavy (non-hydrogen) atoms. The lowest BCUT2D eigenvalue weighted by molar-refractivity contribution is 0.145. The van der Waals surface area contributed by atoms with E-state index in [2.05, 4.69) is 11.0 Å². The first-order valence-corrected chi connectivity index (χ1v) is 6.64. The zero-order chi connectivity index (χ0) is 12.5. The molecular formula is C14H17N3O. The second-order valence-electron chi connectivity index (χ2n) is 5.15. The molecule has 3 rings (SSSR count). The van der Waals surface area contributed by atoms with E-state index in [1.165, 1.54) is 5.56 Å². The third-order valence-electron chi connectivity index (χ3n) is 3.92. The van der Waals surface area contributed by atoms with E-state index in [0.717, 1.165) is 56.7 Å². The van der Waals surface area contributed by atoms with Crippen molar-refractivity contribution in [2.45, 2.75) is 38.2 Å². The summed E-state index contributed by atoms with van der Waals surface area (Å²) in [6.07, 6.45) is 4.57. The van der Waals surface area contributed by atoms with Gasteiger partial charge in [0, 0.05) is 18.8 Å². The van der Waals surface area contributed by atoms with Gasteiger partial charge in [-0.25, -0.2) is 4.98 Å². The minimum Gasteiger partial charge on any atom is -0.393 e. The van der Waals surface area contributed by atoms with Crippen molar-refractivity contribution in [2.24, 2.45) is 0 Å². The number of aromatic nitrogens is 1. The summed E-state index contributed by atoms with van der Waals surface area (Å²) in [5, 5.41) is 18.8. The Balaban J connectivity index is 1.94. The van der Waals surface area contributed by atoms with Crippen LogP contribution in [0.3, 0.4) is 0 Å². The Labute approximate surface area is 107 Å². The smallest absolute Gasteiger partial charge is 0.146 e. The summed E-state index contributed by atoms with van der Waals surface area (Å²) in [5.74, 6) is 0.824. The molecule has 0 bridgehead atoms. The zero-order valence-electron chi connectivity index (χ0n) is 10.4. The standard InChI is InChI=1S/C14H17N3O/c15-9-11-8-10-2-1-3-13(10)16-14(11)17-6-4-12(18)5-7-17/h8,12,18H,1-7H2. The van der Waals surface area contributed by atoms with Crippen molar-refractivity contribution in [2.75, 3.05) is 18.0 Å². The molecule has 4 heteroatoms. The highest BCUT2D eigenvalue weighted by molar-refractivity contribution is 5.57. The summed E-state index contributed by atoms with van der Waals surface area (Å²) in [6.45, 7) is 1.59. The van der Waals surface area contributed by atoms with E-state index in [1.807, 2.05) is 6.07 Å². The molecule has 1 aliphatic carbocycles. The average molecular weight is 243 g/mol. The number of rotatable bonds is 1. The molecule has 0 saturated carbocycles. The Bertz CT molecular complexity index is 498. The van der Waals surface area contributed by atoms with Gasteiger partial charge in [-0.05, 0) is 43.7 Å². The number of nitrogens with zero attached hydrogens (tertiary/aromatic N) is 3. The number of aliphatic hydroxyl groups is 1. The molecule has 1 N–H and O–H groups in total. The van der Waals surface area contributed by atoms with Gasteiger partial charge in [-0.15, -0.1) is 0 Å².